The van der Waals surface area contributed by atoms with E-state index in [2.05, 4.69) is 41.0 Å². The third-order valence-electron chi connectivity index (χ3n) is 6.17. The number of anilines is 1. The van der Waals surface area contributed by atoms with E-state index in [9.17, 15) is 4.79 Å². The highest BCUT2D eigenvalue weighted by Crippen LogP contribution is 2.34. The highest BCUT2D eigenvalue weighted by Gasteiger charge is 2.16. The van der Waals surface area contributed by atoms with E-state index in [1.807, 2.05) is 61.2 Å². The topological polar surface area (TPSA) is 53.6 Å². The smallest absolute Gasteiger partial charge is 0.253 e. The van der Waals surface area contributed by atoms with E-state index in [1.54, 1.807) is 0 Å². The maximum absolute atomic E-state index is 12.6. The molecule has 0 radical (unpaired) electrons. The van der Waals surface area contributed by atoms with Crippen LogP contribution in [0.2, 0.25) is 0 Å². The van der Waals surface area contributed by atoms with Gasteiger partial charge in [-0.1, -0.05) is 36.4 Å². The van der Waals surface area contributed by atoms with Crippen LogP contribution < -0.4 is 15.4 Å². The molecule has 2 N–H and O–H groups in total. The first kappa shape index (κ1) is 22.9. The van der Waals surface area contributed by atoms with E-state index in [4.69, 9.17) is 4.74 Å². The van der Waals surface area contributed by atoms with Gasteiger partial charge in [0.15, 0.2) is 5.75 Å². The molecule has 0 spiro atoms. The first-order chi connectivity index (χ1) is 16.2. The monoisotopic (exact) mass is 443 g/mol. The summed E-state index contributed by atoms with van der Waals surface area (Å²) >= 11 is 0. The summed E-state index contributed by atoms with van der Waals surface area (Å²) in [6, 6.07) is 24.5. The highest BCUT2D eigenvalue weighted by molar-refractivity contribution is 5.94. The average molecular weight is 444 g/mol. The van der Waals surface area contributed by atoms with Crippen LogP contribution in [-0.2, 0) is 0 Å². The third-order valence-corrected chi connectivity index (χ3v) is 6.17. The molecule has 1 heterocycles. The van der Waals surface area contributed by atoms with Crippen molar-refractivity contribution in [2.24, 2.45) is 0 Å². The quantitative estimate of drug-likeness (QED) is 0.439. The lowest BCUT2D eigenvalue weighted by molar-refractivity contribution is 0.0773. The number of ether oxygens (including phenoxy) is 1. The van der Waals surface area contributed by atoms with Gasteiger partial charge in [-0.3, -0.25) is 4.79 Å². The normalized spacial score (nSPS) is 15.3. The van der Waals surface area contributed by atoms with Gasteiger partial charge in [0, 0.05) is 31.2 Å². The zero-order valence-corrected chi connectivity index (χ0v) is 19.5. The van der Waals surface area contributed by atoms with Gasteiger partial charge in [0.2, 0.25) is 0 Å². The van der Waals surface area contributed by atoms with Crippen molar-refractivity contribution in [2.75, 3.05) is 31.5 Å². The first-order valence-corrected chi connectivity index (χ1v) is 11.9. The van der Waals surface area contributed by atoms with Crippen molar-refractivity contribution in [3.05, 3.63) is 78.4 Å². The molecule has 33 heavy (non-hydrogen) atoms. The van der Waals surface area contributed by atoms with Crippen LogP contribution in [0.4, 0.5) is 5.69 Å². The first-order valence-electron chi connectivity index (χ1n) is 11.9. The van der Waals surface area contributed by atoms with Crippen LogP contribution in [0.5, 0.6) is 11.5 Å². The predicted molar refractivity (Wildman–Crippen MR) is 135 cm³/mol. The van der Waals surface area contributed by atoms with Gasteiger partial charge in [0.1, 0.15) is 5.75 Å². The summed E-state index contributed by atoms with van der Waals surface area (Å²) in [6.45, 7) is 7.33. The number of amides is 1. The fourth-order valence-corrected chi connectivity index (χ4v) is 4.21. The lowest BCUT2D eigenvalue weighted by Gasteiger charge is -2.19. The summed E-state index contributed by atoms with van der Waals surface area (Å²) in [5.41, 5.74) is 3.89. The van der Waals surface area contributed by atoms with Gasteiger partial charge >= 0.3 is 0 Å². The molecule has 1 unspecified atom stereocenters. The van der Waals surface area contributed by atoms with Crippen molar-refractivity contribution in [2.45, 2.75) is 32.7 Å². The highest BCUT2D eigenvalue weighted by atomic mass is 16.5. The Kier molecular flexibility index (Phi) is 7.63. The predicted octanol–water partition coefficient (Wildman–Crippen LogP) is 5.79. The Hall–Kier alpha value is -3.31. The molecule has 1 fully saturated rings. The minimum absolute atomic E-state index is 0.0454. The Morgan fingerprint density at radius 2 is 1.76 bits per heavy atom. The number of hydrogen-bond acceptors (Lipinski definition) is 4. The molecule has 172 valence electrons. The number of rotatable bonds is 9. The molecule has 1 atom stereocenters. The maximum Gasteiger partial charge on any atom is 0.253 e. The number of hydrogen-bond donors (Lipinski definition) is 2. The molecule has 3 aromatic rings. The summed E-state index contributed by atoms with van der Waals surface area (Å²) < 4.78 is 6.33. The van der Waals surface area contributed by atoms with Crippen LogP contribution in [0, 0.1) is 0 Å². The molecule has 0 bridgehead atoms. The van der Waals surface area contributed by atoms with E-state index >= 15 is 0 Å². The molecule has 3 aromatic carbocycles. The molecule has 1 aliphatic rings. The largest absolute Gasteiger partial charge is 0.455 e. The number of benzene rings is 3. The zero-order chi connectivity index (χ0) is 23.0. The maximum atomic E-state index is 12.6. The minimum atomic E-state index is 0.0454. The number of carbonyl (C=O) groups is 1. The second kappa shape index (κ2) is 11.0. The van der Waals surface area contributed by atoms with Crippen LogP contribution in [0.3, 0.4) is 0 Å². The lowest BCUT2D eigenvalue weighted by atomic mass is 10.0. The summed E-state index contributed by atoms with van der Waals surface area (Å²) in [6.07, 6.45) is 2.41. The summed E-state index contributed by atoms with van der Waals surface area (Å²) in [5, 5.41) is 7.10. The molecule has 4 rings (SSSR count). The van der Waals surface area contributed by atoms with Gasteiger partial charge in [-0.15, -0.1) is 0 Å². The van der Waals surface area contributed by atoms with E-state index in [0.29, 0.717) is 30.4 Å². The van der Waals surface area contributed by atoms with E-state index in [-0.39, 0.29) is 5.91 Å². The fourth-order valence-electron chi connectivity index (χ4n) is 4.21. The summed E-state index contributed by atoms with van der Waals surface area (Å²) in [5.74, 6) is 1.53. The molecule has 1 saturated heterocycles. The van der Waals surface area contributed by atoms with Gasteiger partial charge in [0.25, 0.3) is 5.91 Å². The lowest BCUT2D eigenvalue weighted by Crippen LogP contribution is -2.30. The van der Waals surface area contributed by atoms with Crippen molar-refractivity contribution in [1.29, 1.82) is 0 Å². The molecule has 0 saturated carbocycles. The third kappa shape index (κ3) is 5.74. The minimum Gasteiger partial charge on any atom is -0.455 e. The van der Waals surface area contributed by atoms with Gasteiger partial charge in [-0.2, -0.15) is 0 Å². The molecular weight excluding hydrogens is 410 g/mol. The Morgan fingerprint density at radius 1 is 1.00 bits per heavy atom. The van der Waals surface area contributed by atoms with E-state index in [1.165, 1.54) is 12.8 Å². The SMILES string of the molecule is CCN(CC)C(=O)c1ccc(Oc2cc(-c3ccccc3)ccc2NCC2CCCN2)cc1. The van der Waals surface area contributed by atoms with Crippen LogP contribution in [-0.4, -0.2) is 43.0 Å². The molecule has 1 aliphatic heterocycles. The van der Waals surface area contributed by atoms with Crippen LogP contribution in [0.1, 0.15) is 37.0 Å². The number of nitrogens with one attached hydrogen (secondary N) is 2. The number of nitrogens with zero attached hydrogens (tertiary/aromatic N) is 1. The Labute approximate surface area is 196 Å². The number of carbonyl (C=O) groups excluding carboxylic acids is 1. The zero-order valence-electron chi connectivity index (χ0n) is 19.5. The van der Waals surface area contributed by atoms with Crippen LogP contribution in [0.25, 0.3) is 11.1 Å². The molecule has 0 aliphatic carbocycles. The standard InChI is InChI=1S/C28H33N3O2/c1-3-31(4-2)28(32)22-12-15-25(16-13-22)33-27-19-23(21-9-6-5-7-10-21)14-17-26(27)30-20-24-11-8-18-29-24/h5-7,9-10,12-17,19,24,29-30H,3-4,8,11,18,20H2,1-2H3. The van der Waals surface area contributed by atoms with E-state index < -0.39 is 0 Å². The van der Waals surface area contributed by atoms with Crippen LogP contribution in [0.15, 0.2) is 72.8 Å². The Balaban J connectivity index is 1.56. The van der Waals surface area contributed by atoms with Crippen molar-refractivity contribution >= 4 is 11.6 Å². The Morgan fingerprint density at radius 3 is 2.42 bits per heavy atom. The van der Waals surface area contributed by atoms with Gasteiger partial charge in [-0.05, 0) is 80.8 Å². The Bertz CT molecular complexity index is 1040. The fraction of sp³-hybridized carbons (Fsp3) is 0.321. The summed E-state index contributed by atoms with van der Waals surface area (Å²) in [7, 11) is 0. The van der Waals surface area contributed by atoms with E-state index in [0.717, 1.165) is 35.7 Å². The second-order valence-corrected chi connectivity index (χ2v) is 8.36. The van der Waals surface area contributed by atoms with Gasteiger partial charge in [0.05, 0.1) is 5.69 Å². The van der Waals surface area contributed by atoms with Crippen LogP contribution >= 0.6 is 0 Å². The van der Waals surface area contributed by atoms with Crippen molar-refractivity contribution in [3.8, 4) is 22.6 Å². The van der Waals surface area contributed by atoms with Crippen molar-refractivity contribution in [3.63, 3.8) is 0 Å². The van der Waals surface area contributed by atoms with Gasteiger partial charge in [-0.25, -0.2) is 0 Å². The molecule has 1 amide bonds. The second-order valence-electron chi connectivity index (χ2n) is 8.36. The molecule has 5 nitrogen and oxygen atoms in total. The van der Waals surface area contributed by atoms with Crippen molar-refractivity contribution < 1.29 is 9.53 Å². The molecular formula is C28H33N3O2. The molecule has 5 heteroatoms. The molecule has 0 aromatic heterocycles. The van der Waals surface area contributed by atoms with Gasteiger partial charge < -0.3 is 20.3 Å². The summed E-state index contributed by atoms with van der Waals surface area (Å²) in [4.78, 5) is 14.4. The van der Waals surface area contributed by atoms with Crippen molar-refractivity contribution in [1.82, 2.24) is 10.2 Å². The average Bonchev–Trinajstić information content (AvgIpc) is 3.39.